The van der Waals surface area contributed by atoms with E-state index in [1.165, 1.54) is 5.57 Å². The van der Waals surface area contributed by atoms with Crippen molar-refractivity contribution in [3.05, 3.63) is 29.9 Å². The Morgan fingerprint density at radius 3 is 2.75 bits per heavy atom. The van der Waals surface area contributed by atoms with Gasteiger partial charge >= 0.3 is 0 Å². The van der Waals surface area contributed by atoms with Gasteiger partial charge in [-0.25, -0.2) is 4.98 Å². The van der Waals surface area contributed by atoms with Gasteiger partial charge in [0.2, 0.25) is 0 Å². The van der Waals surface area contributed by atoms with Gasteiger partial charge in [-0.15, -0.1) is 0 Å². The van der Waals surface area contributed by atoms with E-state index in [2.05, 4.69) is 4.98 Å². The summed E-state index contributed by atoms with van der Waals surface area (Å²) in [6.45, 7) is 4.06. The molecule has 3 heteroatoms. The summed E-state index contributed by atoms with van der Waals surface area (Å²) in [5, 5.41) is 0. The summed E-state index contributed by atoms with van der Waals surface area (Å²) in [7, 11) is 1.95. The van der Waals surface area contributed by atoms with Crippen LogP contribution in [0.4, 0.5) is 0 Å². The lowest BCUT2D eigenvalue weighted by molar-refractivity contribution is 0.730. The molecule has 66 valence electrons. The van der Waals surface area contributed by atoms with Gasteiger partial charge in [0.25, 0.3) is 0 Å². The number of allylic oxidation sites excluding steroid dienone is 1. The van der Waals surface area contributed by atoms with Crippen LogP contribution in [0.2, 0.25) is 0 Å². The fraction of sp³-hybridized carbons (Fsp3) is 0.444. The molecule has 0 aliphatic heterocycles. The molecule has 0 aliphatic carbocycles. The average molecular weight is 165 g/mol. The maximum Gasteiger partial charge on any atom is 0.129 e. The lowest BCUT2D eigenvalue weighted by Crippen LogP contribution is -2.12. The molecule has 0 spiro atoms. The second-order valence-electron chi connectivity index (χ2n) is 3.17. The van der Waals surface area contributed by atoms with E-state index < -0.39 is 0 Å². The standard InChI is InChI=1S/C9H15N3/c1-7(2)6-8(10)9-11-4-5-12(9)3/h4-6,8H,10H2,1-3H3. The van der Waals surface area contributed by atoms with Crippen LogP contribution < -0.4 is 5.73 Å². The number of aryl methyl sites for hydroxylation is 1. The van der Waals surface area contributed by atoms with E-state index in [0.717, 1.165) is 5.82 Å². The molecule has 0 radical (unpaired) electrons. The number of rotatable bonds is 2. The smallest absolute Gasteiger partial charge is 0.129 e. The van der Waals surface area contributed by atoms with Gasteiger partial charge in [0, 0.05) is 19.4 Å². The van der Waals surface area contributed by atoms with Crippen molar-refractivity contribution < 1.29 is 0 Å². The van der Waals surface area contributed by atoms with Crippen LogP contribution in [0.1, 0.15) is 25.7 Å². The third-order valence-corrected chi connectivity index (χ3v) is 1.67. The van der Waals surface area contributed by atoms with Crippen molar-refractivity contribution >= 4 is 0 Å². The Hall–Kier alpha value is -1.09. The van der Waals surface area contributed by atoms with Crippen LogP contribution in [0, 0.1) is 0 Å². The molecule has 1 aromatic rings. The predicted molar refractivity (Wildman–Crippen MR) is 49.6 cm³/mol. The van der Waals surface area contributed by atoms with E-state index in [0.29, 0.717) is 0 Å². The maximum atomic E-state index is 5.88. The van der Waals surface area contributed by atoms with Crippen LogP contribution >= 0.6 is 0 Å². The van der Waals surface area contributed by atoms with E-state index in [-0.39, 0.29) is 6.04 Å². The Bertz CT molecular complexity index is 282. The van der Waals surface area contributed by atoms with Crippen molar-refractivity contribution in [2.24, 2.45) is 12.8 Å². The SMILES string of the molecule is CC(C)=CC(N)c1nccn1C. The van der Waals surface area contributed by atoms with Gasteiger partial charge in [0.15, 0.2) is 0 Å². The summed E-state index contributed by atoms with van der Waals surface area (Å²) in [6.07, 6.45) is 5.66. The highest BCUT2D eigenvalue weighted by Crippen LogP contribution is 2.09. The quantitative estimate of drug-likeness (QED) is 0.673. The highest BCUT2D eigenvalue weighted by atomic mass is 15.1. The second-order valence-corrected chi connectivity index (χ2v) is 3.17. The first-order chi connectivity index (χ1) is 5.61. The lowest BCUT2D eigenvalue weighted by atomic mass is 10.2. The highest BCUT2D eigenvalue weighted by Gasteiger charge is 2.06. The van der Waals surface area contributed by atoms with Gasteiger partial charge in [0.05, 0.1) is 6.04 Å². The van der Waals surface area contributed by atoms with E-state index in [1.54, 1.807) is 6.20 Å². The summed E-state index contributed by atoms with van der Waals surface area (Å²) in [5.41, 5.74) is 7.09. The molecule has 2 N–H and O–H groups in total. The topological polar surface area (TPSA) is 43.8 Å². The van der Waals surface area contributed by atoms with Crippen LogP contribution in [-0.2, 0) is 7.05 Å². The zero-order valence-electron chi connectivity index (χ0n) is 7.78. The second kappa shape index (κ2) is 3.54. The molecule has 3 nitrogen and oxygen atoms in total. The maximum absolute atomic E-state index is 5.88. The van der Waals surface area contributed by atoms with Gasteiger partial charge in [-0.1, -0.05) is 11.6 Å². The Morgan fingerprint density at radius 2 is 2.33 bits per heavy atom. The minimum absolute atomic E-state index is 0.0880. The minimum Gasteiger partial charge on any atom is -0.336 e. The summed E-state index contributed by atoms with van der Waals surface area (Å²) in [6, 6.07) is -0.0880. The number of nitrogens with zero attached hydrogens (tertiary/aromatic N) is 2. The molecule has 0 aliphatic rings. The molecule has 12 heavy (non-hydrogen) atoms. The first kappa shape index (κ1) is 9.00. The highest BCUT2D eigenvalue weighted by molar-refractivity contribution is 5.10. The predicted octanol–water partition coefficient (Wildman–Crippen LogP) is 1.39. The Morgan fingerprint density at radius 1 is 1.67 bits per heavy atom. The summed E-state index contributed by atoms with van der Waals surface area (Å²) >= 11 is 0. The van der Waals surface area contributed by atoms with Gasteiger partial charge in [-0.2, -0.15) is 0 Å². The minimum atomic E-state index is -0.0880. The normalized spacial score (nSPS) is 12.7. The molecule has 0 fully saturated rings. The number of aromatic nitrogens is 2. The molecular formula is C9H15N3. The van der Waals surface area contributed by atoms with Crippen molar-refractivity contribution in [2.75, 3.05) is 0 Å². The van der Waals surface area contributed by atoms with Crippen molar-refractivity contribution in [1.29, 1.82) is 0 Å². The molecule has 1 rings (SSSR count). The van der Waals surface area contributed by atoms with Gasteiger partial charge < -0.3 is 10.3 Å². The van der Waals surface area contributed by atoms with Crippen LogP contribution in [0.3, 0.4) is 0 Å². The lowest BCUT2D eigenvalue weighted by Gasteiger charge is -2.06. The molecule has 1 aromatic heterocycles. The molecule has 1 heterocycles. The van der Waals surface area contributed by atoms with E-state index in [4.69, 9.17) is 5.73 Å². The van der Waals surface area contributed by atoms with Crippen molar-refractivity contribution in [3.63, 3.8) is 0 Å². The summed E-state index contributed by atoms with van der Waals surface area (Å²) < 4.78 is 1.93. The number of nitrogens with two attached hydrogens (primary N) is 1. The average Bonchev–Trinajstić information content (AvgIpc) is 2.33. The van der Waals surface area contributed by atoms with Crippen LogP contribution in [-0.4, -0.2) is 9.55 Å². The molecule has 0 saturated carbocycles. The Balaban J connectivity index is 2.85. The van der Waals surface area contributed by atoms with Crippen LogP contribution in [0.5, 0.6) is 0 Å². The first-order valence-electron chi connectivity index (χ1n) is 3.99. The van der Waals surface area contributed by atoms with Gasteiger partial charge in [-0.05, 0) is 13.8 Å². The third-order valence-electron chi connectivity index (χ3n) is 1.67. The number of hydrogen-bond donors (Lipinski definition) is 1. The Labute approximate surface area is 72.9 Å². The zero-order valence-corrected chi connectivity index (χ0v) is 7.78. The van der Waals surface area contributed by atoms with Crippen molar-refractivity contribution in [1.82, 2.24) is 9.55 Å². The largest absolute Gasteiger partial charge is 0.336 e. The van der Waals surface area contributed by atoms with Crippen molar-refractivity contribution in [3.8, 4) is 0 Å². The fourth-order valence-electron chi connectivity index (χ4n) is 1.13. The van der Waals surface area contributed by atoms with Crippen LogP contribution in [0.25, 0.3) is 0 Å². The molecule has 0 aromatic carbocycles. The molecule has 0 saturated heterocycles. The Kier molecular flexibility index (Phi) is 2.65. The van der Waals surface area contributed by atoms with E-state index in [9.17, 15) is 0 Å². The monoisotopic (exact) mass is 165 g/mol. The molecule has 0 bridgehead atoms. The molecule has 1 unspecified atom stereocenters. The van der Waals surface area contributed by atoms with Gasteiger partial charge in [-0.3, -0.25) is 0 Å². The van der Waals surface area contributed by atoms with E-state index >= 15 is 0 Å². The molecular weight excluding hydrogens is 150 g/mol. The first-order valence-corrected chi connectivity index (χ1v) is 3.99. The van der Waals surface area contributed by atoms with Gasteiger partial charge in [0.1, 0.15) is 5.82 Å². The fourth-order valence-corrected chi connectivity index (χ4v) is 1.13. The number of imidazole rings is 1. The summed E-state index contributed by atoms with van der Waals surface area (Å²) in [5.74, 6) is 0.899. The van der Waals surface area contributed by atoms with E-state index in [1.807, 2.05) is 37.7 Å². The van der Waals surface area contributed by atoms with Crippen molar-refractivity contribution in [2.45, 2.75) is 19.9 Å². The van der Waals surface area contributed by atoms with Crippen LogP contribution in [0.15, 0.2) is 24.0 Å². The summed E-state index contributed by atoms with van der Waals surface area (Å²) in [4.78, 5) is 4.16. The molecule has 1 atom stereocenters. The molecule has 0 amide bonds. The number of hydrogen-bond acceptors (Lipinski definition) is 2. The zero-order chi connectivity index (χ0) is 9.14. The third kappa shape index (κ3) is 1.95.